The normalized spacial score (nSPS) is 13.0. The van der Waals surface area contributed by atoms with Gasteiger partial charge in [0.25, 0.3) is 0 Å². The number of nitrogens with two attached hydrogens (primary N) is 1. The molecule has 0 radical (unpaired) electrons. The van der Waals surface area contributed by atoms with Crippen LogP contribution in [-0.2, 0) is 0 Å². The number of rotatable bonds is 2. The molecule has 0 spiro atoms. The molecule has 0 aliphatic carbocycles. The summed E-state index contributed by atoms with van der Waals surface area (Å²) in [5.41, 5.74) is 7.59. The zero-order valence-corrected chi connectivity index (χ0v) is 8.35. The molecule has 4 heteroatoms. The van der Waals surface area contributed by atoms with E-state index in [4.69, 9.17) is 5.73 Å². The average Bonchev–Trinajstić information content (AvgIpc) is 2.03. The minimum atomic E-state index is -0.0161. The second-order valence-corrected chi connectivity index (χ2v) is 3.48. The van der Waals surface area contributed by atoms with Crippen LogP contribution in [0.3, 0.4) is 0 Å². The van der Waals surface area contributed by atoms with Crippen LogP contribution in [0.4, 0.5) is 0 Å². The highest BCUT2D eigenvalue weighted by Crippen LogP contribution is 2.13. The van der Waals surface area contributed by atoms with Crippen LogP contribution < -0.4 is 5.73 Å². The summed E-state index contributed by atoms with van der Waals surface area (Å²) in [6, 6.07) is 1.90. The lowest BCUT2D eigenvalue weighted by Gasteiger charge is -2.06. The Morgan fingerprint density at radius 2 is 2.17 bits per heavy atom. The molecule has 12 heavy (non-hydrogen) atoms. The second kappa shape index (κ2) is 3.87. The highest BCUT2D eigenvalue weighted by Gasteiger charge is 2.04. The lowest BCUT2D eigenvalue weighted by molar-refractivity contribution is 0.741. The van der Waals surface area contributed by atoms with Gasteiger partial charge in [0.15, 0.2) is 5.16 Å². The Morgan fingerprint density at radius 3 is 2.67 bits per heavy atom. The quantitative estimate of drug-likeness (QED) is 0.558. The third-order valence-corrected chi connectivity index (χ3v) is 2.05. The Bertz CT molecular complexity index is 273. The van der Waals surface area contributed by atoms with Crippen LogP contribution in [0, 0.1) is 6.92 Å². The lowest BCUT2D eigenvalue weighted by atomic mass is 10.2. The molecule has 0 aliphatic heterocycles. The summed E-state index contributed by atoms with van der Waals surface area (Å²) in [7, 11) is 0. The topological polar surface area (TPSA) is 51.8 Å². The van der Waals surface area contributed by atoms with E-state index >= 15 is 0 Å². The third kappa shape index (κ3) is 2.19. The fraction of sp³-hybridized carbons (Fsp3) is 0.500. The first kappa shape index (κ1) is 9.48. The molecule has 1 aromatic rings. The number of thioether (sulfide) groups is 1. The van der Waals surface area contributed by atoms with Crippen LogP contribution in [0.1, 0.15) is 24.4 Å². The average molecular weight is 183 g/mol. The standard InChI is InChI=1S/C8H13N3S/c1-5-4-7(6(2)9)11-8(10-5)12-3/h4,6H,9H2,1-3H3/t6-/m0/s1. The van der Waals surface area contributed by atoms with Crippen molar-refractivity contribution in [3.05, 3.63) is 17.5 Å². The van der Waals surface area contributed by atoms with Gasteiger partial charge in [0.05, 0.1) is 5.69 Å². The Labute approximate surface area is 76.8 Å². The molecule has 0 aliphatic rings. The number of hydrogen-bond acceptors (Lipinski definition) is 4. The van der Waals surface area contributed by atoms with Crippen molar-refractivity contribution in [1.82, 2.24) is 9.97 Å². The fourth-order valence-corrected chi connectivity index (χ4v) is 1.32. The summed E-state index contributed by atoms with van der Waals surface area (Å²) in [6.07, 6.45) is 1.96. The first-order chi connectivity index (χ1) is 5.63. The Balaban J connectivity index is 3.06. The lowest BCUT2D eigenvalue weighted by Crippen LogP contribution is -2.09. The molecule has 0 aromatic carbocycles. The smallest absolute Gasteiger partial charge is 0.187 e. The molecule has 3 nitrogen and oxygen atoms in total. The number of hydrogen-bond donors (Lipinski definition) is 1. The van der Waals surface area contributed by atoms with E-state index in [0.717, 1.165) is 16.5 Å². The first-order valence-corrected chi connectivity index (χ1v) is 5.01. The van der Waals surface area contributed by atoms with E-state index in [1.165, 1.54) is 11.8 Å². The van der Waals surface area contributed by atoms with Gasteiger partial charge in [-0.15, -0.1) is 0 Å². The Hall–Kier alpha value is -0.610. The van der Waals surface area contributed by atoms with Crippen LogP contribution in [0.25, 0.3) is 0 Å². The summed E-state index contributed by atoms with van der Waals surface area (Å²) >= 11 is 1.54. The molecule has 1 heterocycles. The number of nitrogens with zero attached hydrogens (tertiary/aromatic N) is 2. The van der Waals surface area contributed by atoms with Crippen LogP contribution in [0.2, 0.25) is 0 Å². The first-order valence-electron chi connectivity index (χ1n) is 3.78. The molecule has 0 bridgehead atoms. The predicted octanol–water partition coefficient (Wildman–Crippen LogP) is 1.53. The minimum absolute atomic E-state index is 0.0161. The van der Waals surface area contributed by atoms with Gasteiger partial charge in [-0.05, 0) is 26.2 Å². The van der Waals surface area contributed by atoms with Crippen LogP contribution >= 0.6 is 11.8 Å². The van der Waals surface area contributed by atoms with E-state index in [1.54, 1.807) is 0 Å². The highest BCUT2D eigenvalue weighted by molar-refractivity contribution is 7.98. The van der Waals surface area contributed by atoms with Crippen molar-refractivity contribution in [3.63, 3.8) is 0 Å². The number of aromatic nitrogens is 2. The van der Waals surface area contributed by atoms with Gasteiger partial charge in [0, 0.05) is 11.7 Å². The Kier molecular flexibility index (Phi) is 3.05. The van der Waals surface area contributed by atoms with E-state index in [0.29, 0.717) is 0 Å². The molecule has 2 N–H and O–H groups in total. The van der Waals surface area contributed by atoms with Gasteiger partial charge in [0.1, 0.15) is 0 Å². The van der Waals surface area contributed by atoms with Gasteiger partial charge in [-0.25, -0.2) is 9.97 Å². The molecule has 1 aromatic heterocycles. The summed E-state index contributed by atoms with van der Waals surface area (Å²) in [5, 5.41) is 0.794. The molecular formula is C8H13N3S. The van der Waals surface area contributed by atoms with Gasteiger partial charge in [-0.1, -0.05) is 11.8 Å². The zero-order valence-electron chi connectivity index (χ0n) is 7.53. The van der Waals surface area contributed by atoms with Gasteiger partial charge in [-0.2, -0.15) is 0 Å². The molecule has 0 amide bonds. The van der Waals surface area contributed by atoms with E-state index in [2.05, 4.69) is 9.97 Å². The fourth-order valence-electron chi connectivity index (χ4n) is 0.889. The van der Waals surface area contributed by atoms with Crippen molar-refractivity contribution in [2.75, 3.05) is 6.26 Å². The predicted molar refractivity (Wildman–Crippen MR) is 51.2 cm³/mol. The van der Waals surface area contributed by atoms with Crippen molar-refractivity contribution < 1.29 is 0 Å². The van der Waals surface area contributed by atoms with Crippen molar-refractivity contribution in [2.24, 2.45) is 5.73 Å². The third-order valence-electron chi connectivity index (χ3n) is 1.50. The molecule has 1 atom stereocenters. The van der Waals surface area contributed by atoms with Crippen LogP contribution in [0.5, 0.6) is 0 Å². The summed E-state index contributed by atoms with van der Waals surface area (Å²) in [4.78, 5) is 8.51. The second-order valence-electron chi connectivity index (χ2n) is 2.71. The van der Waals surface area contributed by atoms with Crippen molar-refractivity contribution in [2.45, 2.75) is 25.0 Å². The van der Waals surface area contributed by atoms with E-state index < -0.39 is 0 Å². The van der Waals surface area contributed by atoms with Gasteiger partial charge in [-0.3, -0.25) is 0 Å². The number of aryl methyl sites for hydroxylation is 1. The molecule has 0 unspecified atom stereocenters. The molecule has 0 fully saturated rings. The maximum atomic E-state index is 5.71. The summed E-state index contributed by atoms with van der Waals surface area (Å²) in [5.74, 6) is 0. The SMILES string of the molecule is CSc1nc(C)cc([C@H](C)N)n1. The maximum Gasteiger partial charge on any atom is 0.187 e. The van der Waals surface area contributed by atoms with E-state index in [9.17, 15) is 0 Å². The van der Waals surface area contributed by atoms with Gasteiger partial charge >= 0.3 is 0 Å². The molecule has 66 valence electrons. The largest absolute Gasteiger partial charge is 0.323 e. The molecular weight excluding hydrogens is 170 g/mol. The van der Waals surface area contributed by atoms with Gasteiger partial charge < -0.3 is 5.73 Å². The maximum absolute atomic E-state index is 5.71. The highest BCUT2D eigenvalue weighted by atomic mass is 32.2. The molecule has 0 saturated carbocycles. The zero-order chi connectivity index (χ0) is 9.14. The van der Waals surface area contributed by atoms with Crippen LogP contribution in [-0.4, -0.2) is 16.2 Å². The van der Waals surface area contributed by atoms with E-state index in [-0.39, 0.29) is 6.04 Å². The van der Waals surface area contributed by atoms with E-state index in [1.807, 2.05) is 26.2 Å². The molecule has 1 rings (SSSR count). The molecule has 0 saturated heterocycles. The van der Waals surface area contributed by atoms with Crippen molar-refractivity contribution in [1.29, 1.82) is 0 Å². The Morgan fingerprint density at radius 1 is 1.50 bits per heavy atom. The minimum Gasteiger partial charge on any atom is -0.323 e. The van der Waals surface area contributed by atoms with Crippen molar-refractivity contribution >= 4 is 11.8 Å². The van der Waals surface area contributed by atoms with Gasteiger partial charge in [0.2, 0.25) is 0 Å². The summed E-state index contributed by atoms with van der Waals surface area (Å²) in [6.45, 7) is 3.87. The van der Waals surface area contributed by atoms with Crippen molar-refractivity contribution in [3.8, 4) is 0 Å². The summed E-state index contributed by atoms with van der Waals surface area (Å²) < 4.78 is 0. The van der Waals surface area contributed by atoms with Crippen LogP contribution in [0.15, 0.2) is 11.2 Å². The monoisotopic (exact) mass is 183 g/mol.